The van der Waals surface area contributed by atoms with Crippen LogP contribution in [0.5, 0.6) is 0 Å². The number of carbonyl (C=O) groups is 1. The van der Waals surface area contributed by atoms with Gasteiger partial charge in [-0.15, -0.1) is 10.2 Å². The molecule has 0 fully saturated rings. The van der Waals surface area contributed by atoms with E-state index in [1.807, 2.05) is 44.3 Å². The maximum absolute atomic E-state index is 14.2. The number of carbonyl (C=O) groups excluding carboxylic acids is 1. The van der Waals surface area contributed by atoms with E-state index in [1.165, 1.54) is 12.1 Å². The molecule has 8 heteroatoms. The summed E-state index contributed by atoms with van der Waals surface area (Å²) in [5.74, 6) is 1.32. The van der Waals surface area contributed by atoms with E-state index in [0.29, 0.717) is 35.2 Å². The highest BCUT2D eigenvalue weighted by Crippen LogP contribution is 2.35. The van der Waals surface area contributed by atoms with Gasteiger partial charge in [0.25, 0.3) is 5.91 Å². The van der Waals surface area contributed by atoms with Gasteiger partial charge in [-0.1, -0.05) is 32.0 Å². The van der Waals surface area contributed by atoms with Crippen LogP contribution >= 0.6 is 0 Å². The summed E-state index contributed by atoms with van der Waals surface area (Å²) >= 11 is 0. The second-order valence-electron chi connectivity index (χ2n) is 9.72. The summed E-state index contributed by atoms with van der Waals surface area (Å²) in [7, 11) is 1.82. The third kappa shape index (κ3) is 4.64. The normalized spacial score (nSPS) is 13.1. The highest BCUT2D eigenvalue weighted by atomic mass is 19.1. The number of benzene rings is 2. The fourth-order valence-corrected chi connectivity index (χ4v) is 4.60. The van der Waals surface area contributed by atoms with Crippen molar-refractivity contribution in [1.82, 2.24) is 25.1 Å². The maximum Gasteiger partial charge on any atom is 0.260 e. The lowest BCUT2D eigenvalue weighted by Gasteiger charge is -2.17. The maximum atomic E-state index is 14.2. The van der Waals surface area contributed by atoms with Gasteiger partial charge in [0.2, 0.25) is 0 Å². The van der Waals surface area contributed by atoms with Gasteiger partial charge in [0.05, 0.1) is 6.54 Å². The van der Waals surface area contributed by atoms with E-state index in [4.69, 9.17) is 0 Å². The Kier molecular flexibility index (Phi) is 6.36. The molecule has 0 aliphatic carbocycles. The molecule has 0 atom stereocenters. The summed E-state index contributed by atoms with van der Waals surface area (Å²) in [6.45, 7) is 8.41. The number of aromatic nitrogens is 4. The highest BCUT2D eigenvalue weighted by molar-refractivity contribution is 6.10. The molecule has 2 aromatic heterocycles. The molecule has 1 aliphatic rings. The lowest BCUT2D eigenvalue weighted by molar-refractivity contribution is 0.0996. The zero-order valence-electron chi connectivity index (χ0n) is 20.9. The third-order valence-electron chi connectivity index (χ3n) is 6.32. The van der Waals surface area contributed by atoms with Crippen LogP contribution < -0.4 is 10.2 Å². The standard InChI is InChI=1S/C28H29FN6O/c1-17(2)13-30-14-19-9-18(3)32-26(10-19)35-15-21-6-5-20(11-24(21)28(35)36)23-8-7-22(29)12-25(23)27-33-31-16-34(27)4/h5-12,16-17,30H,13-15H2,1-4H3. The Labute approximate surface area is 210 Å². The minimum Gasteiger partial charge on any atom is -0.317 e. The largest absolute Gasteiger partial charge is 0.317 e. The molecule has 0 saturated carbocycles. The molecule has 4 aromatic rings. The Balaban J connectivity index is 1.46. The SMILES string of the molecule is Cc1cc(CNCC(C)C)cc(N2Cc3ccc(-c4ccc(F)cc4-c4nncn4C)cc3C2=O)n1. The van der Waals surface area contributed by atoms with Crippen LogP contribution in [0.25, 0.3) is 22.5 Å². The quantitative estimate of drug-likeness (QED) is 0.404. The number of amides is 1. The van der Waals surface area contributed by atoms with Gasteiger partial charge in [-0.3, -0.25) is 9.69 Å². The number of aryl methyl sites for hydroxylation is 2. The number of anilines is 1. The van der Waals surface area contributed by atoms with E-state index in [0.717, 1.165) is 41.0 Å². The molecule has 2 aromatic carbocycles. The number of pyridine rings is 1. The van der Waals surface area contributed by atoms with E-state index in [9.17, 15) is 9.18 Å². The van der Waals surface area contributed by atoms with Crippen molar-refractivity contribution >= 4 is 11.7 Å². The van der Waals surface area contributed by atoms with Crippen molar-refractivity contribution in [3.63, 3.8) is 0 Å². The smallest absolute Gasteiger partial charge is 0.260 e. The first-order valence-electron chi connectivity index (χ1n) is 12.1. The molecular weight excluding hydrogens is 455 g/mol. The lowest BCUT2D eigenvalue weighted by Crippen LogP contribution is -2.25. The molecule has 1 amide bonds. The van der Waals surface area contributed by atoms with E-state index in [2.05, 4.69) is 34.3 Å². The van der Waals surface area contributed by atoms with Crippen molar-refractivity contribution in [3.05, 3.63) is 83.1 Å². The van der Waals surface area contributed by atoms with Crippen molar-refractivity contribution in [3.8, 4) is 22.5 Å². The van der Waals surface area contributed by atoms with Gasteiger partial charge in [-0.05, 0) is 72.0 Å². The van der Waals surface area contributed by atoms with E-state index in [-0.39, 0.29) is 11.7 Å². The number of hydrogen-bond donors (Lipinski definition) is 1. The molecule has 184 valence electrons. The number of nitrogens with one attached hydrogen (secondary N) is 1. The predicted octanol–water partition coefficient (Wildman–Crippen LogP) is 4.90. The van der Waals surface area contributed by atoms with E-state index >= 15 is 0 Å². The van der Waals surface area contributed by atoms with Crippen molar-refractivity contribution in [2.24, 2.45) is 13.0 Å². The topological polar surface area (TPSA) is 75.9 Å². The molecule has 3 heterocycles. The Bertz CT molecular complexity index is 1440. The Hall–Kier alpha value is -3.91. The summed E-state index contributed by atoms with van der Waals surface area (Å²) in [5, 5.41) is 11.5. The minimum atomic E-state index is -0.357. The number of nitrogens with zero attached hydrogens (tertiary/aromatic N) is 5. The Morgan fingerprint density at radius 1 is 1.06 bits per heavy atom. The summed E-state index contributed by atoms with van der Waals surface area (Å²) in [5.41, 5.74) is 5.76. The molecule has 0 radical (unpaired) electrons. The Morgan fingerprint density at radius 3 is 2.64 bits per heavy atom. The molecule has 5 rings (SSSR count). The monoisotopic (exact) mass is 484 g/mol. The molecule has 1 N–H and O–H groups in total. The fourth-order valence-electron chi connectivity index (χ4n) is 4.60. The van der Waals surface area contributed by atoms with Crippen LogP contribution in [0.3, 0.4) is 0 Å². The molecule has 0 saturated heterocycles. The fraction of sp³-hybridized carbons (Fsp3) is 0.286. The number of fused-ring (bicyclic) bond motifs is 1. The van der Waals surface area contributed by atoms with Gasteiger partial charge < -0.3 is 9.88 Å². The average Bonchev–Trinajstić information content (AvgIpc) is 3.41. The van der Waals surface area contributed by atoms with Crippen LogP contribution in [0.1, 0.15) is 41.0 Å². The molecule has 0 spiro atoms. The van der Waals surface area contributed by atoms with Crippen molar-refractivity contribution in [2.45, 2.75) is 33.9 Å². The van der Waals surface area contributed by atoms with Crippen LogP contribution in [0.2, 0.25) is 0 Å². The second kappa shape index (κ2) is 9.62. The van der Waals surface area contributed by atoms with Crippen molar-refractivity contribution in [2.75, 3.05) is 11.4 Å². The summed E-state index contributed by atoms with van der Waals surface area (Å²) in [6, 6.07) is 14.4. The molecule has 7 nitrogen and oxygen atoms in total. The number of hydrogen-bond acceptors (Lipinski definition) is 5. The molecule has 0 unspecified atom stereocenters. The van der Waals surface area contributed by atoms with Crippen LogP contribution in [-0.2, 0) is 20.1 Å². The summed E-state index contributed by atoms with van der Waals surface area (Å²) < 4.78 is 15.9. The zero-order valence-corrected chi connectivity index (χ0v) is 20.9. The molecule has 0 bridgehead atoms. The van der Waals surface area contributed by atoms with Crippen LogP contribution in [0.4, 0.5) is 10.2 Å². The summed E-state index contributed by atoms with van der Waals surface area (Å²) in [6.07, 6.45) is 1.58. The van der Waals surface area contributed by atoms with Gasteiger partial charge >= 0.3 is 0 Å². The van der Waals surface area contributed by atoms with Gasteiger partial charge in [0.15, 0.2) is 5.82 Å². The third-order valence-corrected chi connectivity index (χ3v) is 6.32. The predicted molar refractivity (Wildman–Crippen MR) is 138 cm³/mol. The summed E-state index contributed by atoms with van der Waals surface area (Å²) in [4.78, 5) is 19.9. The van der Waals surface area contributed by atoms with Gasteiger partial charge in [0.1, 0.15) is 18.0 Å². The molecular formula is C28H29FN6O. The zero-order chi connectivity index (χ0) is 25.4. The van der Waals surface area contributed by atoms with Crippen molar-refractivity contribution in [1.29, 1.82) is 0 Å². The molecule has 36 heavy (non-hydrogen) atoms. The first-order valence-corrected chi connectivity index (χ1v) is 12.1. The van der Waals surface area contributed by atoms with Crippen LogP contribution in [-0.4, -0.2) is 32.2 Å². The first kappa shape index (κ1) is 23.8. The van der Waals surface area contributed by atoms with Crippen LogP contribution in [0, 0.1) is 18.7 Å². The van der Waals surface area contributed by atoms with Gasteiger partial charge in [-0.25, -0.2) is 9.37 Å². The van der Waals surface area contributed by atoms with Crippen molar-refractivity contribution < 1.29 is 9.18 Å². The average molecular weight is 485 g/mol. The molecule has 1 aliphatic heterocycles. The van der Waals surface area contributed by atoms with Gasteiger partial charge in [-0.2, -0.15) is 0 Å². The first-order chi connectivity index (χ1) is 17.3. The van der Waals surface area contributed by atoms with Gasteiger partial charge in [0, 0.05) is 30.4 Å². The number of rotatable bonds is 7. The minimum absolute atomic E-state index is 0.0895. The van der Waals surface area contributed by atoms with Crippen LogP contribution in [0.15, 0.2) is 54.9 Å². The second-order valence-corrected chi connectivity index (χ2v) is 9.72. The Morgan fingerprint density at radius 2 is 1.89 bits per heavy atom. The lowest BCUT2D eigenvalue weighted by atomic mass is 9.96. The highest BCUT2D eigenvalue weighted by Gasteiger charge is 2.30. The number of halogens is 1. The van der Waals surface area contributed by atoms with E-state index < -0.39 is 0 Å². The van der Waals surface area contributed by atoms with E-state index in [1.54, 1.807) is 21.9 Å².